The molecular formula is C18H21NO3S. The summed E-state index contributed by atoms with van der Waals surface area (Å²) in [5.74, 6) is 0.0714. The molecular weight excluding hydrogens is 310 g/mol. The Bertz CT molecular complexity index is 656. The number of carbonyl (C=O) groups is 1. The van der Waals surface area contributed by atoms with Gasteiger partial charge in [-0.25, -0.2) is 0 Å². The Morgan fingerprint density at radius 1 is 1.35 bits per heavy atom. The highest BCUT2D eigenvalue weighted by molar-refractivity contribution is 7.10. The highest BCUT2D eigenvalue weighted by Gasteiger charge is 2.35. The van der Waals surface area contributed by atoms with Crippen molar-refractivity contribution < 1.29 is 14.6 Å². The number of aliphatic carboxylic acids is 1. The Hall–Kier alpha value is -1.85. The fourth-order valence-electron chi connectivity index (χ4n) is 3.31. The van der Waals surface area contributed by atoms with Crippen molar-refractivity contribution in [2.75, 3.05) is 13.7 Å². The fraction of sp³-hybridized carbons (Fsp3) is 0.389. The molecule has 1 N–H and O–H groups in total. The lowest BCUT2D eigenvalue weighted by atomic mass is 9.95. The van der Waals surface area contributed by atoms with Crippen molar-refractivity contribution >= 4 is 17.3 Å². The van der Waals surface area contributed by atoms with Crippen molar-refractivity contribution in [1.29, 1.82) is 0 Å². The molecule has 122 valence electrons. The maximum absolute atomic E-state index is 11.7. The van der Waals surface area contributed by atoms with Crippen LogP contribution < -0.4 is 4.74 Å². The van der Waals surface area contributed by atoms with Crippen LogP contribution >= 0.6 is 11.3 Å². The number of carboxylic acid groups (broad SMARTS) is 1. The first-order valence-electron chi connectivity index (χ1n) is 7.86. The number of carboxylic acids is 1. The summed E-state index contributed by atoms with van der Waals surface area (Å²) in [6.45, 7) is 0.802. The lowest BCUT2D eigenvalue weighted by Crippen LogP contribution is -2.46. The number of thiophene rings is 1. The Morgan fingerprint density at radius 2 is 2.22 bits per heavy atom. The van der Waals surface area contributed by atoms with Gasteiger partial charge in [0, 0.05) is 4.88 Å². The molecule has 4 nitrogen and oxygen atoms in total. The van der Waals surface area contributed by atoms with Crippen molar-refractivity contribution in [3.8, 4) is 5.75 Å². The second kappa shape index (κ2) is 7.15. The molecule has 3 rings (SSSR count). The van der Waals surface area contributed by atoms with Crippen LogP contribution in [-0.4, -0.2) is 35.7 Å². The van der Waals surface area contributed by atoms with E-state index in [2.05, 4.69) is 17.0 Å². The van der Waals surface area contributed by atoms with Gasteiger partial charge in [-0.2, -0.15) is 0 Å². The van der Waals surface area contributed by atoms with Crippen LogP contribution in [0.5, 0.6) is 5.75 Å². The van der Waals surface area contributed by atoms with E-state index in [1.807, 2.05) is 29.6 Å². The van der Waals surface area contributed by atoms with E-state index in [9.17, 15) is 9.90 Å². The monoisotopic (exact) mass is 331 g/mol. The lowest BCUT2D eigenvalue weighted by Gasteiger charge is -2.39. The molecule has 1 aliphatic rings. The first-order valence-corrected chi connectivity index (χ1v) is 8.74. The summed E-state index contributed by atoms with van der Waals surface area (Å²) in [6.07, 6.45) is 2.72. The van der Waals surface area contributed by atoms with Gasteiger partial charge in [0.05, 0.1) is 13.2 Å². The molecule has 1 fully saturated rings. The van der Waals surface area contributed by atoms with E-state index < -0.39 is 12.0 Å². The number of hydrogen-bond acceptors (Lipinski definition) is 4. The molecule has 1 aliphatic heterocycles. The van der Waals surface area contributed by atoms with Gasteiger partial charge in [0.1, 0.15) is 11.8 Å². The van der Waals surface area contributed by atoms with E-state index in [0.717, 1.165) is 30.7 Å². The number of ether oxygens (including phenoxy) is 1. The van der Waals surface area contributed by atoms with Crippen LogP contribution in [0.2, 0.25) is 0 Å². The number of piperidine rings is 1. The molecule has 23 heavy (non-hydrogen) atoms. The average Bonchev–Trinajstić information content (AvgIpc) is 3.10. The Labute approximate surface area is 140 Å². The number of methoxy groups -OCH3 is 1. The molecule has 2 aromatic rings. The van der Waals surface area contributed by atoms with E-state index >= 15 is 0 Å². The molecule has 0 saturated carbocycles. The van der Waals surface area contributed by atoms with Crippen molar-refractivity contribution in [2.24, 2.45) is 0 Å². The van der Waals surface area contributed by atoms with Crippen molar-refractivity contribution in [3.63, 3.8) is 0 Å². The van der Waals surface area contributed by atoms with Crippen LogP contribution in [0.25, 0.3) is 0 Å². The van der Waals surface area contributed by atoms with E-state index in [4.69, 9.17) is 4.74 Å². The van der Waals surface area contributed by atoms with Gasteiger partial charge in [0.15, 0.2) is 0 Å². The minimum Gasteiger partial charge on any atom is -0.497 e. The normalized spacial score (nSPS) is 20.1. The molecule has 5 heteroatoms. The molecule has 1 aromatic carbocycles. The van der Waals surface area contributed by atoms with Crippen molar-refractivity contribution in [2.45, 2.75) is 31.3 Å². The summed E-state index contributed by atoms with van der Waals surface area (Å²) in [6, 6.07) is 11.6. The maximum Gasteiger partial charge on any atom is 0.320 e. The maximum atomic E-state index is 11.7. The Morgan fingerprint density at radius 3 is 2.91 bits per heavy atom. The smallest absolute Gasteiger partial charge is 0.320 e. The molecule has 0 bridgehead atoms. The Kier molecular flexibility index (Phi) is 4.98. The quantitative estimate of drug-likeness (QED) is 0.906. The zero-order chi connectivity index (χ0) is 16.2. The third-order valence-electron chi connectivity index (χ3n) is 4.38. The molecule has 2 atom stereocenters. The van der Waals surface area contributed by atoms with E-state index in [1.54, 1.807) is 18.4 Å². The van der Waals surface area contributed by atoms with Gasteiger partial charge in [-0.3, -0.25) is 9.69 Å². The average molecular weight is 331 g/mol. The molecule has 0 radical (unpaired) electrons. The summed E-state index contributed by atoms with van der Waals surface area (Å²) in [7, 11) is 1.65. The standard InChI is InChI=1S/C18H21NO3S/c1-22-14-7-4-6-13(12-14)17(16-9-5-11-23-16)19-10-3-2-8-15(19)18(20)21/h4-7,9,11-12,15,17H,2-3,8,10H2,1H3,(H,20,21). The van der Waals surface area contributed by atoms with E-state index in [0.29, 0.717) is 6.42 Å². The number of nitrogens with zero attached hydrogens (tertiary/aromatic N) is 1. The largest absolute Gasteiger partial charge is 0.497 e. The van der Waals surface area contributed by atoms with Gasteiger partial charge < -0.3 is 9.84 Å². The predicted octanol–water partition coefficient (Wildman–Crippen LogP) is 3.79. The summed E-state index contributed by atoms with van der Waals surface area (Å²) in [5, 5.41) is 11.7. The molecule has 1 saturated heterocycles. The fourth-order valence-corrected chi connectivity index (χ4v) is 4.18. The highest BCUT2D eigenvalue weighted by Crippen LogP contribution is 2.37. The third kappa shape index (κ3) is 3.41. The zero-order valence-corrected chi connectivity index (χ0v) is 14.0. The van der Waals surface area contributed by atoms with Gasteiger partial charge >= 0.3 is 5.97 Å². The highest BCUT2D eigenvalue weighted by atomic mass is 32.1. The van der Waals surface area contributed by atoms with Crippen LogP contribution in [-0.2, 0) is 4.79 Å². The number of likely N-dealkylation sites (tertiary alicyclic amines) is 1. The minimum absolute atomic E-state index is 0.0356. The molecule has 2 unspecified atom stereocenters. The summed E-state index contributed by atoms with van der Waals surface area (Å²) < 4.78 is 5.35. The third-order valence-corrected chi connectivity index (χ3v) is 5.31. The van der Waals surface area contributed by atoms with Gasteiger partial charge in [-0.1, -0.05) is 24.6 Å². The second-order valence-electron chi connectivity index (χ2n) is 5.78. The molecule has 2 heterocycles. The van der Waals surface area contributed by atoms with Crippen LogP contribution in [0.4, 0.5) is 0 Å². The SMILES string of the molecule is COc1cccc(C(c2cccs2)N2CCCCC2C(=O)O)c1. The molecule has 0 amide bonds. The predicted molar refractivity (Wildman–Crippen MR) is 91.1 cm³/mol. The number of benzene rings is 1. The van der Waals surface area contributed by atoms with Crippen molar-refractivity contribution in [1.82, 2.24) is 4.90 Å². The second-order valence-corrected chi connectivity index (χ2v) is 6.76. The first kappa shape index (κ1) is 16.0. The summed E-state index contributed by atoms with van der Waals surface area (Å²) in [5.41, 5.74) is 1.08. The Balaban J connectivity index is 2.03. The summed E-state index contributed by atoms with van der Waals surface area (Å²) >= 11 is 1.67. The van der Waals surface area contributed by atoms with Gasteiger partial charge in [-0.15, -0.1) is 11.3 Å². The lowest BCUT2D eigenvalue weighted by molar-refractivity contribution is -0.145. The van der Waals surface area contributed by atoms with Gasteiger partial charge in [0.25, 0.3) is 0 Å². The first-order chi connectivity index (χ1) is 11.2. The summed E-state index contributed by atoms with van der Waals surface area (Å²) in [4.78, 5) is 15.0. The van der Waals surface area contributed by atoms with Crippen LogP contribution in [0.1, 0.15) is 35.7 Å². The van der Waals surface area contributed by atoms with Crippen LogP contribution in [0.15, 0.2) is 41.8 Å². The number of hydrogen-bond donors (Lipinski definition) is 1. The molecule has 0 aliphatic carbocycles. The van der Waals surface area contributed by atoms with Gasteiger partial charge in [0.2, 0.25) is 0 Å². The number of rotatable bonds is 5. The molecule has 0 spiro atoms. The molecule has 1 aromatic heterocycles. The topological polar surface area (TPSA) is 49.8 Å². The van der Waals surface area contributed by atoms with Crippen LogP contribution in [0.3, 0.4) is 0 Å². The minimum atomic E-state index is -0.728. The van der Waals surface area contributed by atoms with Crippen molar-refractivity contribution in [3.05, 3.63) is 52.2 Å². The van der Waals surface area contributed by atoms with E-state index in [1.165, 1.54) is 4.88 Å². The van der Waals surface area contributed by atoms with E-state index in [-0.39, 0.29) is 6.04 Å². The van der Waals surface area contributed by atoms with Gasteiger partial charge in [-0.05, 0) is 48.5 Å². The zero-order valence-electron chi connectivity index (χ0n) is 13.1. The van der Waals surface area contributed by atoms with Crippen LogP contribution in [0, 0.1) is 0 Å².